The molecule has 3 heteroatoms. The van der Waals surface area contributed by atoms with Gasteiger partial charge in [0.05, 0.1) is 5.52 Å². The summed E-state index contributed by atoms with van der Waals surface area (Å²) in [5.41, 5.74) is 2.35. The summed E-state index contributed by atoms with van der Waals surface area (Å²) in [7, 11) is 0. The van der Waals surface area contributed by atoms with E-state index in [1.54, 1.807) is 0 Å². The Bertz CT molecular complexity index is 712. The van der Waals surface area contributed by atoms with Gasteiger partial charge in [0, 0.05) is 33.9 Å². The molecule has 102 valence electrons. The van der Waals surface area contributed by atoms with Crippen LogP contribution in [0.4, 0.5) is 0 Å². The van der Waals surface area contributed by atoms with E-state index < -0.39 is 0 Å². The summed E-state index contributed by atoms with van der Waals surface area (Å²) in [6.45, 7) is 5.20. The summed E-state index contributed by atoms with van der Waals surface area (Å²) >= 11 is 1.86. The topological polar surface area (TPSA) is 24.9 Å². The molecule has 0 spiro atoms. The summed E-state index contributed by atoms with van der Waals surface area (Å²) in [5.74, 6) is 0. The fourth-order valence-electron chi connectivity index (χ4n) is 2.36. The van der Waals surface area contributed by atoms with Crippen LogP contribution in [0.25, 0.3) is 10.9 Å². The van der Waals surface area contributed by atoms with Crippen molar-refractivity contribution in [1.82, 2.24) is 10.3 Å². The van der Waals surface area contributed by atoms with Crippen LogP contribution < -0.4 is 5.32 Å². The number of pyridine rings is 1. The maximum absolute atomic E-state index is 4.50. The zero-order chi connectivity index (χ0) is 13.9. The summed E-state index contributed by atoms with van der Waals surface area (Å²) in [4.78, 5) is 7.25. The van der Waals surface area contributed by atoms with Gasteiger partial charge in [0.25, 0.3) is 0 Å². The number of para-hydroxylation sites is 1. The standard InChI is InChI=1S/C17H18N2S/c1-12-8-9-16(20-12)13(2)19-11-15-6-3-5-14-7-4-10-18-17(14)15/h3-10,13,19H,11H2,1-2H3. The molecule has 0 aliphatic rings. The van der Waals surface area contributed by atoms with Crippen LogP contribution in [0, 0.1) is 6.92 Å². The SMILES string of the molecule is Cc1ccc(C(C)NCc2cccc3cccnc23)s1. The first kappa shape index (κ1) is 13.3. The van der Waals surface area contributed by atoms with Crippen LogP contribution in [-0.2, 0) is 6.54 Å². The van der Waals surface area contributed by atoms with E-state index in [1.807, 2.05) is 23.6 Å². The minimum Gasteiger partial charge on any atom is -0.305 e. The number of nitrogens with one attached hydrogen (secondary N) is 1. The minimum atomic E-state index is 0.368. The van der Waals surface area contributed by atoms with E-state index in [4.69, 9.17) is 0 Å². The highest BCUT2D eigenvalue weighted by Crippen LogP contribution is 2.23. The van der Waals surface area contributed by atoms with E-state index in [-0.39, 0.29) is 0 Å². The number of hydrogen-bond acceptors (Lipinski definition) is 3. The third-order valence-corrected chi connectivity index (χ3v) is 4.69. The van der Waals surface area contributed by atoms with E-state index in [1.165, 1.54) is 20.7 Å². The maximum atomic E-state index is 4.50. The summed E-state index contributed by atoms with van der Waals surface area (Å²) < 4.78 is 0. The Morgan fingerprint density at radius 2 is 2.00 bits per heavy atom. The quantitative estimate of drug-likeness (QED) is 0.764. The first-order valence-electron chi connectivity index (χ1n) is 6.86. The minimum absolute atomic E-state index is 0.368. The molecule has 0 amide bonds. The monoisotopic (exact) mass is 282 g/mol. The number of benzene rings is 1. The Hall–Kier alpha value is -1.71. The molecule has 2 aromatic heterocycles. The van der Waals surface area contributed by atoms with Crippen LogP contribution in [-0.4, -0.2) is 4.98 Å². The molecule has 1 aromatic carbocycles. The van der Waals surface area contributed by atoms with Gasteiger partial charge >= 0.3 is 0 Å². The third kappa shape index (κ3) is 2.74. The maximum Gasteiger partial charge on any atom is 0.0746 e. The van der Waals surface area contributed by atoms with Gasteiger partial charge in [-0.1, -0.05) is 24.3 Å². The van der Waals surface area contributed by atoms with Gasteiger partial charge < -0.3 is 5.32 Å². The molecular formula is C17H18N2S. The molecule has 0 saturated carbocycles. The summed E-state index contributed by atoms with van der Waals surface area (Å²) in [6, 6.07) is 15.2. The molecule has 2 nitrogen and oxygen atoms in total. The molecule has 1 unspecified atom stereocenters. The van der Waals surface area contributed by atoms with E-state index in [0.29, 0.717) is 6.04 Å². The highest BCUT2D eigenvalue weighted by molar-refractivity contribution is 7.12. The molecule has 1 N–H and O–H groups in total. The van der Waals surface area contributed by atoms with Gasteiger partial charge in [-0.15, -0.1) is 11.3 Å². The molecule has 0 bridgehead atoms. The predicted octanol–water partition coefficient (Wildman–Crippen LogP) is 4.46. The number of hydrogen-bond donors (Lipinski definition) is 1. The fraction of sp³-hybridized carbons (Fsp3) is 0.235. The average molecular weight is 282 g/mol. The van der Waals surface area contributed by atoms with Crippen LogP contribution >= 0.6 is 11.3 Å². The van der Waals surface area contributed by atoms with Crippen LogP contribution in [0.15, 0.2) is 48.7 Å². The number of rotatable bonds is 4. The molecule has 0 aliphatic carbocycles. The van der Waals surface area contributed by atoms with Crippen LogP contribution in [0.1, 0.15) is 28.3 Å². The van der Waals surface area contributed by atoms with Gasteiger partial charge in [-0.25, -0.2) is 0 Å². The Labute approximate surface area is 123 Å². The first-order chi connectivity index (χ1) is 9.74. The highest BCUT2D eigenvalue weighted by Gasteiger charge is 2.08. The largest absolute Gasteiger partial charge is 0.305 e. The van der Waals surface area contributed by atoms with Gasteiger partial charge in [0.1, 0.15) is 0 Å². The van der Waals surface area contributed by atoms with Crippen molar-refractivity contribution in [3.63, 3.8) is 0 Å². The highest BCUT2D eigenvalue weighted by atomic mass is 32.1. The van der Waals surface area contributed by atoms with E-state index in [2.05, 4.69) is 60.5 Å². The number of aryl methyl sites for hydroxylation is 1. The Morgan fingerprint density at radius 1 is 1.15 bits per heavy atom. The molecule has 3 rings (SSSR count). The molecule has 0 aliphatic heterocycles. The molecule has 2 heterocycles. The lowest BCUT2D eigenvalue weighted by Gasteiger charge is -2.13. The molecule has 20 heavy (non-hydrogen) atoms. The van der Waals surface area contributed by atoms with Crippen LogP contribution in [0.5, 0.6) is 0 Å². The number of nitrogens with zero attached hydrogens (tertiary/aromatic N) is 1. The van der Waals surface area contributed by atoms with Crippen molar-refractivity contribution in [1.29, 1.82) is 0 Å². The van der Waals surface area contributed by atoms with Crippen LogP contribution in [0.2, 0.25) is 0 Å². The number of aromatic nitrogens is 1. The second kappa shape index (κ2) is 5.73. The number of thiophene rings is 1. The lowest BCUT2D eigenvalue weighted by Crippen LogP contribution is -2.17. The lowest BCUT2D eigenvalue weighted by molar-refractivity contribution is 0.584. The van der Waals surface area contributed by atoms with Crippen molar-refractivity contribution in [2.24, 2.45) is 0 Å². The lowest BCUT2D eigenvalue weighted by atomic mass is 10.1. The zero-order valence-electron chi connectivity index (χ0n) is 11.8. The molecular weight excluding hydrogens is 264 g/mol. The van der Waals surface area contributed by atoms with Crippen molar-refractivity contribution < 1.29 is 0 Å². The zero-order valence-corrected chi connectivity index (χ0v) is 12.6. The van der Waals surface area contributed by atoms with Crippen molar-refractivity contribution in [3.8, 4) is 0 Å². The van der Waals surface area contributed by atoms with Crippen molar-refractivity contribution >= 4 is 22.2 Å². The van der Waals surface area contributed by atoms with E-state index in [0.717, 1.165) is 12.1 Å². The Balaban J connectivity index is 1.77. The number of fused-ring (bicyclic) bond motifs is 1. The van der Waals surface area contributed by atoms with E-state index in [9.17, 15) is 0 Å². The first-order valence-corrected chi connectivity index (χ1v) is 7.68. The van der Waals surface area contributed by atoms with Crippen molar-refractivity contribution in [3.05, 3.63) is 64.0 Å². The summed E-state index contributed by atoms with van der Waals surface area (Å²) in [6.07, 6.45) is 1.86. The Morgan fingerprint density at radius 3 is 2.80 bits per heavy atom. The second-order valence-electron chi connectivity index (χ2n) is 5.04. The fourth-order valence-corrected chi connectivity index (χ4v) is 3.26. The second-order valence-corrected chi connectivity index (χ2v) is 6.36. The molecule has 0 fully saturated rings. The van der Waals surface area contributed by atoms with E-state index >= 15 is 0 Å². The average Bonchev–Trinajstić information content (AvgIpc) is 2.91. The van der Waals surface area contributed by atoms with Gasteiger partial charge in [-0.2, -0.15) is 0 Å². The van der Waals surface area contributed by atoms with Crippen molar-refractivity contribution in [2.75, 3.05) is 0 Å². The van der Waals surface area contributed by atoms with Gasteiger partial charge in [0.15, 0.2) is 0 Å². The molecule has 0 saturated heterocycles. The van der Waals surface area contributed by atoms with Gasteiger partial charge in [0.2, 0.25) is 0 Å². The normalized spacial score (nSPS) is 12.7. The van der Waals surface area contributed by atoms with Gasteiger partial charge in [-0.3, -0.25) is 4.98 Å². The molecule has 0 radical (unpaired) electrons. The van der Waals surface area contributed by atoms with Crippen molar-refractivity contribution in [2.45, 2.75) is 26.4 Å². The predicted molar refractivity (Wildman–Crippen MR) is 86.1 cm³/mol. The van der Waals surface area contributed by atoms with Crippen LogP contribution in [0.3, 0.4) is 0 Å². The third-order valence-electron chi connectivity index (χ3n) is 3.50. The smallest absolute Gasteiger partial charge is 0.0746 e. The molecule has 3 aromatic rings. The summed E-state index contributed by atoms with van der Waals surface area (Å²) in [5, 5.41) is 4.79. The Kier molecular flexibility index (Phi) is 3.81. The molecule has 1 atom stereocenters. The van der Waals surface area contributed by atoms with Gasteiger partial charge in [-0.05, 0) is 37.6 Å².